The lowest BCUT2D eigenvalue weighted by Crippen LogP contribution is -2.34. The van der Waals surface area contributed by atoms with Crippen LogP contribution in [0.4, 0.5) is 5.69 Å². The van der Waals surface area contributed by atoms with Crippen LogP contribution in [0, 0.1) is 13.8 Å². The van der Waals surface area contributed by atoms with E-state index in [2.05, 4.69) is 9.97 Å². The number of para-hydroxylation sites is 1. The van der Waals surface area contributed by atoms with Gasteiger partial charge in [0.05, 0.1) is 22.4 Å². The number of amides is 2. The second kappa shape index (κ2) is 10.1. The fourth-order valence-corrected chi connectivity index (χ4v) is 4.46. The normalized spacial score (nSPS) is 15.5. The topological polar surface area (TPSA) is 66.4 Å². The Hall–Kier alpha value is -3.28. The summed E-state index contributed by atoms with van der Waals surface area (Å²) in [6.45, 7) is 7.36. The molecule has 0 radical (unpaired) electrons. The molecule has 0 saturated carbocycles. The lowest BCUT2D eigenvalue weighted by atomic mass is 10.1. The maximum Gasteiger partial charge on any atom is 0.254 e. The molecule has 0 atom stereocenters. The van der Waals surface area contributed by atoms with Gasteiger partial charge in [-0.25, -0.2) is 9.97 Å². The fourth-order valence-electron chi connectivity index (χ4n) is 4.46. The Morgan fingerprint density at radius 3 is 2.24 bits per heavy atom. The number of aromatic nitrogens is 2. The van der Waals surface area contributed by atoms with E-state index in [4.69, 9.17) is 0 Å². The van der Waals surface area contributed by atoms with Crippen molar-refractivity contribution in [3.05, 3.63) is 65.0 Å². The molecular formula is C27H32N4O2. The van der Waals surface area contributed by atoms with Gasteiger partial charge in [-0.3, -0.25) is 9.59 Å². The van der Waals surface area contributed by atoms with Crippen LogP contribution in [-0.4, -0.2) is 39.8 Å². The fraction of sp³-hybridized carbons (Fsp3) is 0.407. The van der Waals surface area contributed by atoms with Gasteiger partial charge in [0.2, 0.25) is 5.91 Å². The van der Waals surface area contributed by atoms with Crippen molar-refractivity contribution in [2.24, 2.45) is 0 Å². The molecule has 33 heavy (non-hydrogen) atoms. The summed E-state index contributed by atoms with van der Waals surface area (Å²) in [4.78, 5) is 39.0. The molecule has 1 aromatic heterocycles. The van der Waals surface area contributed by atoms with Crippen LogP contribution in [0.3, 0.4) is 0 Å². The van der Waals surface area contributed by atoms with Crippen molar-refractivity contribution in [3.8, 4) is 0 Å². The Labute approximate surface area is 195 Å². The molecule has 1 aliphatic rings. The van der Waals surface area contributed by atoms with E-state index in [0.29, 0.717) is 25.2 Å². The van der Waals surface area contributed by atoms with Gasteiger partial charge in [0, 0.05) is 37.8 Å². The minimum absolute atomic E-state index is 0.0156. The Morgan fingerprint density at radius 1 is 0.818 bits per heavy atom. The number of benzene rings is 2. The highest BCUT2D eigenvalue weighted by atomic mass is 16.2. The number of rotatable bonds is 1. The summed E-state index contributed by atoms with van der Waals surface area (Å²) in [6.07, 6.45) is 5.23. The molecule has 0 saturated heterocycles. The molecule has 172 valence electrons. The third-order valence-electron chi connectivity index (χ3n) is 6.44. The molecule has 4 rings (SSSR count). The van der Waals surface area contributed by atoms with Crippen molar-refractivity contribution in [2.45, 2.75) is 59.4 Å². The first-order valence-electron chi connectivity index (χ1n) is 11.8. The van der Waals surface area contributed by atoms with Crippen molar-refractivity contribution < 1.29 is 9.59 Å². The van der Waals surface area contributed by atoms with Crippen LogP contribution in [0.15, 0.2) is 42.5 Å². The van der Waals surface area contributed by atoms with Crippen LogP contribution >= 0.6 is 0 Å². The summed E-state index contributed by atoms with van der Waals surface area (Å²) in [7, 11) is 0. The minimum Gasteiger partial charge on any atom is -0.334 e. The first-order valence-corrected chi connectivity index (χ1v) is 11.8. The number of fused-ring (bicyclic) bond motifs is 2. The summed E-state index contributed by atoms with van der Waals surface area (Å²) in [5.74, 6) is 0.0225. The maximum atomic E-state index is 13.6. The van der Waals surface area contributed by atoms with Crippen molar-refractivity contribution in [2.75, 3.05) is 18.0 Å². The Morgan fingerprint density at radius 2 is 1.48 bits per heavy atom. The molecule has 0 fully saturated rings. The molecular weight excluding hydrogens is 412 g/mol. The Bertz CT molecular complexity index is 1170. The molecule has 0 spiro atoms. The third kappa shape index (κ3) is 5.21. The lowest BCUT2D eigenvalue weighted by Gasteiger charge is -2.29. The summed E-state index contributed by atoms with van der Waals surface area (Å²) >= 11 is 0. The second-order valence-electron chi connectivity index (χ2n) is 8.89. The molecule has 0 aliphatic carbocycles. The molecule has 6 heteroatoms. The van der Waals surface area contributed by atoms with Crippen LogP contribution in [0.1, 0.15) is 66.3 Å². The number of aryl methyl sites for hydroxylation is 2. The highest BCUT2D eigenvalue weighted by Gasteiger charge is 2.21. The quantitative estimate of drug-likeness (QED) is 0.517. The number of carbonyl (C=O) groups excluding carboxylic acids is 2. The third-order valence-corrected chi connectivity index (χ3v) is 6.44. The lowest BCUT2D eigenvalue weighted by molar-refractivity contribution is -0.116. The first kappa shape index (κ1) is 22.9. The van der Waals surface area contributed by atoms with Crippen LogP contribution in [-0.2, 0) is 11.3 Å². The van der Waals surface area contributed by atoms with Crippen LogP contribution in [0.25, 0.3) is 11.0 Å². The van der Waals surface area contributed by atoms with Gasteiger partial charge in [0.1, 0.15) is 0 Å². The van der Waals surface area contributed by atoms with E-state index in [-0.39, 0.29) is 11.8 Å². The van der Waals surface area contributed by atoms with Gasteiger partial charge >= 0.3 is 0 Å². The van der Waals surface area contributed by atoms with E-state index in [0.717, 1.165) is 65.8 Å². The van der Waals surface area contributed by atoms with Gasteiger partial charge < -0.3 is 9.80 Å². The smallest absolute Gasteiger partial charge is 0.254 e. The van der Waals surface area contributed by atoms with E-state index in [1.165, 1.54) is 0 Å². The van der Waals surface area contributed by atoms with Gasteiger partial charge in [-0.05, 0) is 56.5 Å². The number of carbonyl (C=O) groups is 2. The number of hydrogen-bond donors (Lipinski definition) is 0. The van der Waals surface area contributed by atoms with Crippen LogP contribution < -0.4 is 4.90 Å². The molecule has 6 nitrogen and oxygen atoms in total. The standard InChI is InChI=1S/C27H32N4O2/c1-19-20(2)29-25-17-22(13-14-24(25)28-19)27(33)30-15-9-5-4-6-10-16-31(21(3)32)26-12-8-7-11-23(26)18-30/h7-8,11-14,17H,4-6,9-10,15-16,18H2,1-3H3. The number of nitrogens with zero attached hydrogens (tertiary/aromatic N) is 4. The Kier molecular flexibility index (Phi) is 7.02. The molecule has 3 aromatic rings. The zero-order valence-corrected chi connectivity index (χ0v) is 19.8. The average molecular weight is 445 g/mol. The van der Waals surface area contributed by atoms with Crippen molar-refractivity contribution in [1.29, 1.82) is 0 Å². The minimum atomic E-state index is -0.0156. The molecule has 2 heterocycles. The Balaban J connectivity index is 1.68. The van der Waals surface area contributed by atoms with E-state index < -0.39 is 0 Å². The second-order valence-corrected chi connectivity index (χ2v) is 8.89. The summed E-state index contributed by atoms with van der Waals surface area (Å²) < 4.78 is 0. The van der Waals surface area contributed by atoms with E-state index >= 15 is 0 Å². The molecule has 0 N–H and O–H groups in total. The van der Waals surface area contributed by atoms with Crippen molar-refractivity contribution >= 4 is 28.5 Å². The largest absolute Gasteiger partial charge is 0.334 e. The van der Waals surface area contributed by atoms with Crippen molar-refractivity contribution in [1.82, 2.24) is 14.9 Å². The summed E-state index contributed by atoms with van der Waals surface area (Å²) in [6, 6.07) is 13.5. The predicted molar refractivity (Wildman–Crippen MR) is 131 cm³/mol. The molecule has 0 unspecified atom stereocenters. The predicted octanol–water partition coefficient (Wildman–Crippen LogP) is 5.21. The SMILES string of the molecule is CC(=O)N1CCCCCCCN(C(=O)c2ccc3nc(C)c(C)nc3c2)Cc2ccccc21. The highest BCUT2D eigenvalue weighted by Crippen LogP contribution is 2.25. The van der Waals surface area contributed by atoms with Gasteiger partial charge in [0.15, 0.2) is 0 Å². The molecule has 0 bridgehead atoms. The first-order chi connectivity index (χ1) is 15.9. The molecule has 2 aromatic carbocycles. The molecule has 1 aliphatic heterocycles. The highest BCUT2D eigenvalue weighted by molar-refractivity contribution is 5.97. The van der Waals surface area contributed by atoms with E-state index in [1.54, 1.807) is 6.92 Å². The van der Waals surface area contributed by atoms with Crippen LogP contribution in [0.5, 0.6) is 0 Å². The maximum absolute atomic E-state index is 13.6. The average Bonchev–Trinajstić information content (AvgIpc) is 2.79. The summed E-state index contributed by atoms with van der Waals surface area (Å²) in [5.41, 5.74) is 5.82. The molecule has 2 amide bonds. The van der Waals surface area contributed by atoms with E-state index in [9.17, 15) is 9.59 Å². The van der Waals surface area contributed by atoms with E-state index in [1.807, 2.05) is 66.1 Å². The van der Waals surface area contributed by atoms with Gasteiger partial charge in [-0.1, -0.05) is 37.5 Å². The van der Waals surface area contributed by atoms with Crippen molar-refractivity contribution in [3.63, 3.8) is 0 Å². The van der Waals surface area contributed by atoms with Gasteiger partial charge in [-0.15, -0.1) is 0 Å². The summed E-state index contributed by atoms with van der Waals surface area (Å²) in [5, 5.41) is 0. The number of hydrogen-bond acceptors (Lipinski definition) is 4. The van der Waals surface area contributed by atoms with Gasteiger partial charge in [0.25, 0.3) is 5.91 Å². The number of anilines is 1. The zero-order valence-electron chi connectivity index (χ0n) is 19.8. The van der Waals surface area contributed by atoms with Gasteiger partial charge in [-0.2, -0.15) is 0 Å². The van der Waals surface area contributed by atoms with Crippen LogP contribution in [0.2, 0.25) is 0 Å². The monoisotopic (exact) mass is 444 g/mol. The zero-order chi connectivity index (χ0) is 23.4.